The van der Waals surface area contributed by atoms with Gasteiger partial charge < -0.3 is 10.5 Å². The molecule has 0 saturated carbocycles. The van der Waals surface area contributed by atoms with E-state index in [4.69, 9.17) is 15.3 Å². The smallest absolute Gasteiger partial charge is 0.158 e. The predicted octanol–water partition coefficient (Wildman–Crippen LogP) is 2.89. The first-order valence-corrected chi connectivity index (χ1v) is 7.14. The number of nitrogens with zero attached hydrogens (tertiary/aromatic N) is 1. The molecule has 0 aromatic rings. The summed E-state index contributed by atoms with van der Waals surface area (Å²) in [5, 5.41) is 1.84. The molecule has 1 atom stereocenters. The number of hydroxylamine groups is 2. The zero-order valence-electron chi connectivity index (χ0n) is 13.0. The largest absolute Gasteiger partial charge is 0.383 e. The lowest BCUT2D eigenvalue weighted by Gasteiger charge is -2.11. The lowest BCUT2D eigenvalue weighted by Crippen LogP contribution is -2.29. The fraction of sp³-hybridized carbons (Fsp3) is 0.600. The lowest BCUT2D eigenvalue weighted by atomic mass is 10.3. The zero-order chi connectivity index (χ0) is 16.1. The van der Waals surface area contributed by atoms with E-state index in [0.29, 0.717) is 19.6 Å². The van der Waals surface area contributed by atoms with Gasteiger partial charge in [-0.2, -0.15) is 5.06 Å². The average molecular weight is 304 g/mol. The Morgan fingerprint density at radius 3 is 2.29 bits per heavy atom. The molecule has 0 aromatic heterocycles. The molecular weight excluding hydrogens is 278 g/mol. The van der Waals surface area contributed by atoms with Crippen molar-refractivity contribution >= 4 is 0 Å². The van der Waals surface area contributed by atoms with Gasteiger partial charge in [0, 0.05) is 26.2 Å². The Hall–Kier alpha value is -1.08. The Morgan fingerprint density at radius 2 is 1.86 bits per heavy atom. The summed E-state index contributed by atoms with van der Waals surface area (Å²) < 4.78 is 29.3. The summed E-state index contributed by atoms with van der Waals surface area (Å²) in [5.41, 5.74) is 5.59. The van der Waals surface area contributed by atoms with Gasteiger partial charge >= 0.3 is 0 Å². The average Bonchev–Trinajstić information content (AvgIpc) is 2.83. The van der Waals surface area contributed by atoms with Crippen LogP contribution < -0.4 is 5.73 Å². The van der Waals surface area contributed by atoms with Crippen LogP contribution >= 0.6 is 0 Å². The van der Waals surface area contributed by atoms with Crippen molar-refractivity contribution in [2.45, 2.75) is 26.3 Å². The highest BCUT2D eigenvalue weighted by Gasteiger charge is 2.18. The van der Waals surface area contributed by atoms with E-state index < -0.39 is 11.7 Å². The molecule has 1 heterocycles. The standard InChI is InChI=1S/C7H6F2.C6H14N2O2.C2H6/c8-6-4-2-1-3-5-7(6)9;1-9-3-2-8-4-6(7)5-10-8;1-2/h2-5H,1H2;6H,2-5,7H2,1H3;1-2H3/t;6-;/m.1./s1. The van der Waals surface area contributed by atoms with Crippen LogP contribution in [-0.4, -0.2) is 44.5 Å². The van der Waals surface area contributed by atoms with Crippen LogP contribution in [0.5, 0.6) is 0 Å². The molecule has 0 radical (unpaired) electrons. The molecule has 4 nitrogen and oxygen atoms in total. The maximum atomic E-state index is 12.2. The summed E-state index contributed by atoms with van der Waals surface area (Å²) >= 11 is 0. The molecule has 2 aliphatic rings. The first-order chi connectivity index (χ1) is 10.1. The van der Waals surface area contributed by atoms with Crippen molar-refractivity contribution in [3.8, 4) is 0 Å². The molecule has 0 bridgehead atoms. The third kappa shape index (κ3) is 9.47. The van der Waals surface area contributed by atoms with Crippen LogP contribution in [0.25, 0.3) is 0 Å². The highest BCUT2D eigenvalue weighted by atomic mass is 19.2. The molecule has 21 heavy (non-hydrogen) atoms. The summed E-state index contributed by atoms with van der Waals surface area (Å²) in [6.45, 7) is 6.98. The Bertz CT molecular complexity index is 338. The van der Waals surface area contributed by atoms with Gasteiger partial charge in [0.15, 0.2) is 11.7 Å². The third-order valence-corrected chi connectivity index (χ3v) is 2.48. The highest BCUT2D eigenvalue weighted by Crippen LogP contribution is 2.14. The van der Waals surface area contributed by atoms with E-state index in [9.17, 15) is 8.78 Å². The van der Waals surface area contributed by atoms with Crippen molar-refractivity contribution in [1.29, 1.82) is 0 Å². The molecular formula is C15H26F2N2O2. The second kappa shape index (κ2) is 12.6. The molecule has 1 aliphatic carbocycles. The van der Waals surface area contributed by atoms with Crippen molar-refractivity contribution in [2.24, 2.45) is 5.73 Å². The molecule has 122 valence electrons. The lowest BCUT2D eigenvalue weighted by molar-refractivity contribution is -0.118. The Labute approximate surface area is 125 Å². The van der Waals surface area contributed by atoms with Gasteiger partial charge in [0.1, 0.15) is 0 Å². The van der Waals surface area contributed by atoms with Crippen LogP contribution in [-0.2, 0) is 9.57 Å². The van der Waals surface area contributed by atoms with Crippen molar-refractivity contribution in [1.82, 2.24) is 5.06 Å². The highest BCUT2D eigenvalue weighted by molar-refractivity contribution is 5.26. The van der Waals surface area contributed by atoms with Gasteiger partial charge in [0.05, 0.1) is 13.2 Å². The van der Waals surface area contributed by atoms with Crippen molar-refractivity contribution in [3.63, 3.8) is 0 Å². The van der Waals surface area contributed by atoms with Crippen LogP contribution in [0, 0.1) is 0 Å². The van der Waals surface area contributed by atoms with Crippen molar-refractivity contribution in [3.05, 3.63) is 36.0 Å². The molecule has 0 amide bonds. The first-order valence-electron chi connectivity index (χ1n) is 7.14. The Kier molecular flexibility index (Phi) is 12.0. The van der Waals surface area contributed by atoms with Crippen LogP contribution in [0.1, 0.15) is 20.3 Å². The molecule has 1 saturated heterocycles. The molecule has 2 rings (SSSR count). The minimum absolute atomic E-state index is 0.178. The van der Waals surface area contributed by atoms with Gasteiger partial charge in [0.25, 0.3) is 0 Å². The molecule has 1 fully saturated rings. The first kappa shape index (κ1) is 19.9. The molecule has 0 aromatic carbocycles. The van der Waals surface area contributed by atoms with Gasteiger partial charge in [-0.3, -0.25) is 4.84 Å². The molecule has 6 heteroatoms. The van der Waals surface area contributed by atoms with Gasteiger partial charge in [0.2, 0.25) is 0 Å². The monoisotopic (exact) mass is 304 g/mol. The topological polar surface area (TPSA) is 47.7 Å². The van der Waals surface area contributed by atoms with Crippen LogP contribution in [0.15, 0.2) is 36.0 Å². The quantitative estimate of drug-likeness (QED) is 0.871. The van der Waals surface area contributed by atoms with E-state index in [0.717, 1.165) is 25.2 Å². The van der Waals surface area contributed by atoms with E-state index in [1.165, 1.54) is 0 Å². The Balaban J connectivity index is 0.000000342. The molecule has 1 aliphatic heterocycles. The molecule has 0 spiro atoms. The number of rotatable bonds is 3. The SMILES string of the molecule is CC.COCCN1C[C@@H](N)CO1.FC1=C(F)C=CCC=C1. The number of halogens is 2. The van der Waals surface area contributed by atoms with Crippen molar-refractivity contribution < 1.29 is 18.4 Å². The predicted molar refractivity (Wildman–Crippen MR) is 80.9 cm³/mol. The minimum Gasteiger partial charge on any atom is -0.383 e. The van der Waals surface area contributed by atoms with Crippen molar-refractivity contribution in [2.75, 3.05) is 33.4 Å². The third-order valence-electron chi connectivity index (χ3n) is 2.48. The van der Waals surface area contributed by atoms with Gasteiger partial charge in [-0.1, -0.05) is 26.0 Å². The summed E-state index contributed by atoms with van der Waals surface area (Å²) in [6, 6.07) is 0.178. The summed E-state index contributed by atoms with van der Waals surface area (Å²) in [5.74, 6) is -1.58. The van der Waals surface area contributed by atoms with E-state index in [1.54, 1.807) is 19.3 Å². The number of hydrogen-bond donors (Lipinski definition) is 1. The van der Waals surface area contributed by atoms with Crippen LogP contribution in [0.4, 0.5) is 8.78 Å². The van der Waals surface area contributed by atoms with E-state index >= 15 is 0 Å². The van der Waals surface area contributed by atoms with E-state index in [2.05, 4.69) is 0 Å². The molecule has 2 N–H and O–H groups in total. The maximum Gasteiger partial charge on any atom is 0.158 e. The summed E-state index contributed by atoms with van der Waals surface area (Å²) in [7, 11) is 1.68. The number of hydrogen-bond acceptors (Lipinski definition) is 4. The molecule has 0 unspecified atom stereocenters. The van der Waals surface area contributed by atoms with Gasteiger partial charge in [-0.25, -0.2) is 8.78 Å². The number of ether oxygens (including phenoxy) is 1. The Morgan fingerprint density at radius 1 is 1.29 bits per heavy atom. The zero-order valence-corrected chi connectivity index (χ0v) is 13.0. The minimum atomic E-state index is -0.788. The van der Waals surface area contributed by atoms with Crippen LogP contribution in [0.3, 0.4) is 0 Å². The summed E-state index contributed by atoms with van der Waals surface area (Å²) in [6.07, 6.45) is 6.00. The van der Waals surface area contributed by atoms with E-state index in [1.807, 2.05) is 18.9 Å². The number of allylic oxidation sites excluding steroid dienone is 6. The van der Waals surface area contributed by atoms with Gasteiger partial charge in [-0.05, 0) is 18.6 Å². The second-order valence-corrected chi connectivity index (χ2v) is 4.17. The maximum absolute atomic E-state index is 12.2. The second-order valence-electron chi connectivity index (χ2n) is 4.17. The van der Waals surface area contributed by atoms with Gasteiger partial charge in [-0.15, -0.1) is 0 Å². The fourth-order valence-electron chi connectivity index (χ4n) is 1.50. The number of nitrogens with two attached hydrogens (primary N) is 1. The van der Waals surface area contributed by atoms with E-state index in [-0.39, 0.29) is 6.04 Å². The normalized spacial score (nSPS) is 21.3. The van der Waals surface area contributed by atoms with Crippen LogP contribution in [0.2, 0.25) is 0 Å². The summed E-state index contributed by atoms with van der Waals surface area (Å²) in [4.78, 5) is 5.20. The number of methoxy groups -OCH3 is 1. The fourth-order valence-corrected chi connectivity index (χ4v) is 1.50.